The maximum Gasteiger partial charge on any atom is 0.328 e. The fourth-order valence-electron chi connectivity index (χ4n) is 1.57. The second-order valence-electron chi connectivity index (χ2n) is 5.00. The first-order valence-electron chi connectivity index (χ1n) is 6.90. The molecule has 0 spiro atoms. The van der Waals surface area contributed by atoms with Crippen molar-refractivity contribution in [2.24, 2.45) is 5.92 Å². The Labute approximate surface area is 124 Å². The molecule has 1 aromatic carbocycles. The molecule has 4 nitrogen and oxygen atoms in total. The number of carboxylic acids is 1. The standard InChI is InChI=1S/C16H21FO4/c1-12(2)7-8-20-9-10-21-15-5-4-14(17)11-13(15)3-6-16(18)19/h3-6,11-12H,7-10H2,1-2H3,(H,18,19)/b6-3+. The fourth-order valence-corrected chi connectivity index (χ4v) is 1.57. The number of hydrogen-bond acceptors (Lipinski definition) is 3. The van der Waals surface area contributed by atoms with E-state index in [1.807, 2.05) is 0 Å². The van der Waals surface area contributed by atoms with E-state index in [0.29, 0.717) is 37.1 Å². The Morgan fingerprint density at radius 3 is 2.76 bits per heavy atom. The van der Waals surface area contributed by atoms with Crippen molar-refractivity contribution in [3.05, 3.63) is 35.7 Å². The Bertz CT molecular complexity index is 483. The molecule has 0 unspecified atom stereocenters. The van der Waals surface area contributed by atoms with Gasteiger partial charge in [0, 0.05) is 18.2 Å². The summed E-state index contributed by atoms with van der Waals surface area (Å²) in [5, 5.41) is 8.61. The largest absolute Gasteiger partial charge is 0.491 e. The molecule has 21 heavy (non-hydrogen) atoms. The third kappa shape index (κ3) is 7.46. The zero-order chi connectivity index (χ0) is 15.7. The summed E-state index contributed by atoms with van der Waals surface area (Å²) in [6.45, 7) is 5.69. The van der Waals surface area contributed by atoms with Gasteiger partial charge in [0.15, 0.2) is 0 Å². The van der Waals surface area contributed by atoms with Gasteiger partial charge < -0.3 is 14.6 Å². The molecule has 1 rings (SSSR count). The highest BCUT2D eigenvalue weighted by Gasteiger charge is 2.04. The normalized spacial score (nSPS) is 11.2. The van der Waals surface area contributed by atoms with Crippen molar-refractivity contribution in [2.45, 2.75) is 20.3 Å². The maximum absolute atomic E-state index is 13.2. The minimum atomic E-state index is -1.10. The molecule has 0 bridgehead atoms. The molecule has 0 saturated heterocycles. The lowest BCUT2D eigenvalue weighted by molar-refractivity contribution is -0.131. The Kier molecular flexibility index (Phi) is 7.46. The molecule has 0 amide bonds. The van der Waals surface area contributed by atoms with Gasteiger partial charge in [-0.05, 0) is 36.6 Å². The van der Waals surface area contributed by atoms with Crippen LogP contribution in [0.5, 0.6) is 5.75 Å². The van der Waals surface area contributed by atoms with E-state index in [9.17, 15) is 9.18 Å². The monoisotopic (exact) mass is 296 g/mol. The summed E-state index contributed by atoms with van der Waals surface area (Å²) in [7, 11) is 0. The first-order chi connectivity index (χ1) is 9.99. The molecular weight excluding hydrogens is 275 g/mol. The van der Waals surface area contributed by atoms with Gasteiger partial charge in [0.1, 0.15) is 18.2 Å². The van der Waals surface area contributed by atoms with E-state index in [1.54, 1.807) is 0 Å². The van der Waals surface area contributed by atoms with Crippen LogP contribution in [-0.4, -0.2) is 30.9 Å². The van der Waals surface area contributed by atoms with Crippen LogP contribution in [0, 0.1) is 11.7 Å². The lowest BCUT2D eigenvalue weighted by Gasteiger charge is -2.10. The van der Waals surface area contributed by atoms with Crippen molar-refractivity contribution in [1.29, 1.82) is 0 Å². The summed E-state index contributed by atoms with van der Waals surface area (Å²) in [6.07, 6.45) is 3.24. The van der Waals surface area contributed by atoms with Gasteiger partial charge in [-0.25, -0.2) is 9.18 Å². The highest BCUT2D eigenvalue weighted by atomic mass is 19.1. The average Bonchev–Trinajstić information content (AvgIpc) is 2.41. The van der Waals surface area contributed by atoms with Crippen LogP contribution >= 0.6 is 0 Å². The van der Waals surface area contributed by atoms with Gasteiger partial charge in [-0.15, -0.1) is 0 Å². The molecule has 0 heterocycles. The van der Waals surface area contributed by atoms with Crippen molar-refractivity contribution >= 4 is 12.0 Å². The van der Waals surface area contributed by atoms with Gasteiger partial charge in [0.2, 0.25) is 0 Å². The molecule has 116 valence electrons. The van der Waals surface area contributed by atoms with Gasteiger partial charge in [-0.1, -0.05) is 13.8 Å². The second-order valence-corrected chi connectivity index (χ2v) is 5.00. The second kappa shape index (κ2) is 9.13. The highest BCUT2D eigenvalue weighted by Crippen LogP contribution is 2.21. The van der Waals surface area contributed by atoms with E-state index in [-0.39, 0.29) is 0 Å². The van der Waals surface area contributed by atoms with E-state index in [4.69, 9.17) is 14.6 Å². The molecule has 0 aliphatic carbocycles. The van der Waals surface area contributed by atoms with Crippen molar-refractivity contribution < 1.29 is 23.8 Å². The van der Waals surface area contributed by atoms with E-state index < -0.39 is 11.8 Å². The molecule has 0 saturated carbocycles. The third-order valence-corrected chi connectivity index (χ3v) is 2.70. The van der Waals surface area contributed by atoms with Crippen LogP contribution in [0.25, 0.3) is 6.08 Å². The number of halogens is 1. The van der Waals surface area contributed by atoms with Gasteiger partial charge in [0.25, 0.3) is 0 Å². The van der Waals surface area contributed by atoms with Crippen LogP contribution in [0.1, 0.15) is 25.8 Å². The summed E-state index contributed by atoms with van der Waals surface area (Å²) < 4.78 is 24.1. The number of rotatable bonds is 9. The van der Waals surface area contributed by atoms with Crippen molar-refractivity contribution in [1.82, 2.24) is 0 Å². The number of hydrogen-bond donors (Lipinski definition) is 1. The third-order valence-electron chi connectivity index (χ3n) is 2.70. The Morgan fingerprint density at radius 2 is 2.10 bits per heavy atom. The molecule has 0 aliphatic heterocycles. The quantitative estimate of drug-likeness (QED) is 0.561. The molecule has 0 aliphatic rings. The van der Waals surface area contributed by atoms with Crippen LogP contribution in [-0.2, 0) is 9.53 Å². The van der Waals surface area contributed by atoms with Crippen LogP contribution in [0.15, 0.2) is 24.3 Å². The van der Waals surface area contributed by atoms with E-state index in [1.165, 1.54) is 24.3 Å². The molecule has 1 N–H and O–H groups in total. The summed E-state index contributed by atoms with van der Waals surface area (Å²) >= 11 is 0. The van der Waals surface area contributed by atoms with Crippen LogP contribution in [0.3, 0.4) is 0 Å². The van der Waals surface area contributed by atoms with Crippen LogP contribution in [0.2, 0.25) is 0 Å². The highest BCUT2D eigenvalue weighted by molar-refractivity contribution is 5.85. The van der Waals surface area contributed by atoms with Gasteiger partial charge in [-0.3, -0.25) is 0 Å². The van der Waals surface area contributed by atoms with Crippen molar-refractivity contribution in [3.63, 3.8) is 0 Å². The Balaban J connectivity index is 2.48. The minimum Gasteiger partial charge on any atom is -0.491 e. The smallest absolute Gasteiger partial charge is 0.328 e. The zero-order valence-electron chi connectivity index (χ0n) is 12.3. The predicted molar refractivity (Wildman–Crippen MR) is 78.8 cm³/mol. The van der Waals surface area contributed by atoms with Crippen LogP contribution in [0.4, 0.5) is 4.39 Å². The average molecular weight is 296 g/mol. The first kappa shape index (κ1) is 17.2. The topological polar surface area (TPSA) is 55.8 Å². The lowest BCUT2D eigenvalue weighted by atomic mass is 10.1. The summed E-state index contributed by atoms with van der Waals surface area (Å²) in [5.41, 5.74) is 0.389. The van der Waals surface area contributed by atoms with E-state index in [0.717, 1.165) is 12.5 Å². The molecular formula is C16H21FO4. The predicted octanol–water partition coefficient (Wildman–Crippen LogP) is 3.37. The Morgan fingerprint density at radius 1 is 1.33 bits per heavy atom. The number of carbonyl (C=O) groups is 1. The van der Waals surface area contributed by atoms with Crippen molar-refractivity contribution in [2.75, 3.05) is 19.8 Å². The maximum atomic E-state index is 13.2. The fraction of sp³-hybridized carbons (Fsp3) is 0.438. The number of benzene rings is 1. The molecule has 1 aromatic rings. The zero-order valence-corrected chi connectivity index (χ0v) is 12.3. The summed E-state index contributed by atoms with van der Waals surface area (Å²) in [5.74, 6) is -0.514. The van der Waals surface area contributed by atoms with Crippen molar-refractivity contribution in [3.8, 4) is 5.75 Å². The molecule has 0 radical (unpaired) electrons. The number of aliphatic carboxylic acids is 1. The lowest BCUT2D eigenvalue weighted by Crippen LogP contribution is -2.09. The SMILES string of the molecule is CC(C)CCOCCOc1ccc(F)cc1/C=C/C(=O)O. The van der Waals surface area contributed by atoms with Gasteiger partial charge in [0.05, 0.1) is 6.61 Å². The van der Waals surface area contributed by atoms with E-state index >= 15 is 0 Å². The first-order valence-corrected chi connectivity index (χ1v) is 6.90. The summed E-state index contributed by atoms with van der Waals surface area (Å²) in [6, 6.07) is 3.98. The van der Waals surface area contributed by atoms with E-state index in [2.05, 4.69) is 13.8 Å². The number of carboxylic acid groups (broad SMARTS) is 1. The van der Waals surface area contributed by atoms with Gasteiger partial charge >= 0.3 is 5.97 Å². The van der Waals surface area contributed by atoms with Crippen LogP contribution < -0.4 is 4.74 Å². The number of ether oxygens (including phenoxy) is 2. The minimum absolute atomic E-state index is 0.331. The van der Waals surface area contributed by atoms with Gasteiger partial charge in [-0.2, -0.15) is 0 Å². The molecule has 0 atom stereocenters. The Hall–Kier alpha value is -1.88. The summed E-state index contributed by atoms with van der Waals surface area (Å²) in [4.78, 5) is 10.5. The molecule has 0 fully saturated rings. The molecule has 5 heteroatoms. The molecule has 0 aromatic heterocycles.